The third kappa shape index (κ3) is 5.47. The number of nitriles is 1. The molecule has 0 aliphatic heterocycles. The highest BCUT2D eigenvalue weighted by molar-refractivity contribution is 6.28. The van der Waals surface area contributed by atoms with Gasteiger partial charge in [0.2, 0.25) is 0 Å². The molecule has 4 nitrogen and oxygen atoms in total. The maximum absolute atomic E-state index is 10.1. The van der Waals surface area contributed by atoms with Gasteiger partial charge < -0.3 is 4.57 Å². The fourth-order valence-electron chi connectivity index (χ4n) is 10.2. The Bertz CT molecular complexity index is 3830. The third-order valence-corrected chi connectivity index (χ3v) is 13.0. The summed E-state index contributed by atoms with van der Waals surface area (Å²) >= 11 is 0. The van der Waals surface area contributed by atoms with Crippen molar-refractivity contribution in [3.8, 4) is 67.7 Å². The van der Waals surface area contributed by atoms with Gasteiger partial charge in [-0.25, -0.2) is 0 Å². The summed E-state index contributed by atoms with van der Waals surface area (Å²) in [5.74, 6) is 0. The monoisotopic (exact) mass is 798 g/mol. The van der Waals surface area contributed by atoms with Crippen LogP contribution >= 0.6 is 0 Å². The van der Waals surface area contributed by atoms with Crippen LogP contribution in [0, 0.1) is 11.3 Å². The molecule has 4 heteroatoms. The van der Waals surface area contributed by atoms with E-state index in [0.29, 0.717) is 5.56 Å². The Morgan fingerprint density at radius 3 is 1.48 bits per heavy atom. The van der Waals surface area contributed by atoms with Crippen LogP contribution in [0.3, 0.4) is 0 Å². The van der Waals surface area contributed by atoms with Crippen molar-refractivity contribution in [2.75, 3.05) is 0 Å². The maximum atomic E-state index is 10.1. The van der Waals surface area contributed by atoms with Crippen LogP contribution in [0.15, 0.2) is 207 Å². The van der Waals surface area contributed by atoms with Gasteiger partial charge in [0.25, 0.3) is 0 Å². The lowest BCUT2D eigenvalue weighted by atomic mass is 9.88. The van der Waals surface area contributed by atoms with Crippen LogP contribution in [0.2, 0.25) is 0 Å². The molecule has 0 aliphatic rings. The van der Waals surface area contributed by atoms with Gasteiger partial charge >= 0.3 is 0 Å². The fourth-order valence-corrected chi connectivity index (χ4v) is 10.2. The van der Waals surface area contributed by atoms with Gasteiger partial charge in [-0.3, -0.25) is 9.97 Å². The van der Waals surface area contributed by atoms with Gasteiger partial charge in [-0.05, 0) is 174 Å². The normalized spacial score (nSPS) is 11.8. The van der Waals surface area contributed by atoms with E-state index in [-0.39, 0.29) is 0 Å². The molecule has 0 fully saturated rings. The van der Waals surface area contributed by atoms with Gasteiger partial charge in [-0.15, -0.1) is 0 Å². The lowest BCUT2D eigenvalue weighted by molar-refractivity contribution is 1.18. The topological polar surface area (TPSA) is 54.5 Å². The van der Waals surface area contributed by atoms with Crippen LogP contribution in [-0.4, -0.2) is 14.5 Å². The predicted octanol–water partition coefficient (Wildman–Crippen LogP) is 15.3. The molecule has 0 saturated carbocycles. The molecule has 290 valence electrons. The fraction of sp³-hybridized carbons (Fsp3) is 0. The number of hydrogen-bond acceptors (Lipinski definition) is 3. The first-order chi connectivity index (χ1) is 31.2. The van der Waals surface area contributed by atoms with Crippen molar-refractivity contribution < 1.29 is 0 Å². The van der Waals surface area contributed by atoms with E-state index >= 15 is 0 Å². The predicted molar refractivity (Wildman–Crippen MR) is 261 cm³/mol. The molecule has 0 spiro atoms. The molecule has 0 N–H and O–H groups in total. The second-order valence-corrected chi connectivity index (χ2v) is 16.5. The highest BCUT2D eigenvalue weighted by Gasteiger charge is 2.21. The van der Waals surface area contributed by atoms with Crippen molar-refractivity contribution in [2.45, 2.75) is 0 Å². The minimum absolute atomic E-state index is 0.695. The number of nitrogens with zero attached hydrogens (tertiary/aromatic N) is 4. The summed E-state index contributed by atoms with van der Waals surface area (Å²) in [6, 6.07) is 72.0. The molecule has 3 aromatic heterocycles. The van der Waals surface area contributed by atoms with Crippen molar-refractivity contribution in [3.05, 3.63) is 212 Å². The average Bonchev–Trinajstić information content (AvgIpc) is 3.70. The van der Waals surface area contributed by atoms with Crippen molar-refractivity contribution in [1.82, 2.24) is 14.5 Å². The molecule has 0 atom stereocenters. The van der Waals surface area contributed by atoms with E-state index in [9.17, 15) is 5.26 Å². The minimum Gasteiger partial charge on any atom is -0.309 e. The average molecular weight is 799 g/mol. The number of rotatable bonds is 6. The van der Waals surface area contributed by atoms with Gasteiger partial charge in [0.1, 0.15) is 0 Å². The quantitative estimate of drug-likeness (QED) is 0.157. The van der Waals surface area contributed by atoms with E-state index in [2.05, 4.69) is 168 Å². The highest BCUT2D eigenvalue weighted by atomic mass is 15.0. The summed E-state index contributed by atoms with van der Waals surface area (Å²) in [5, 5.41) is 22.0. The second kappa shape index (κ2) is 13.7. The standard InChI is InChI=1S/C59H34N4/c60-35-42-19-23-54-58-50(42)20-21-51-49(22-24-55(59(51)58)63(54)48-11-2-1-3-12-48)37-10-8-9-36(27-37)43-28-38-15-17-40-30-44(31-41-18-16-39(29-43)56(38)57(40)41)45-32-46(52-13-4-6-25-61-52)34-47(33-45)53-14-5-7-26-62-53/h1-34H. The summed E-state index contributed by atoms with van der Waals surface area (Å²) in [6.45, 7) is 0. The zero-order valence-corrected chi connectivity index (χ0v) is 33.9. The summed E-state index contributed by atoms with van der Waals surface area (Å²) < 4.78 is 2.33. The van der Waals surface area contributed by atoms with Gasteiger partial charge in [0, 0.05) is 45.4 Å². The van der Waals surface area contributed by atoms with E-state index in [1.807, 2.05) is 48.8 Å². The Morgan fingerprint density at radius 1 is 0.365 bits per heavy atom. The van der Waals surface area contributed by atoms with Crippen LogP contribution in [0.1, 0.15) is 5.56 Å². The summed E-state index contributed by atoms with van der Waals surface area (Å²) in [7, 11) is 0. The summed E-state index contributed by atoms with van der Waals surface area (Å²) in [6.07, 6.45) is 3.69. The van der Waals surface area contributed by atoms with Gasteiger partial charge in [-0.2, -0.15) is 5.26 Å². The summed E-state index contributed by atoms with van der Waals surface area (Å²) in [4.78, 5) is 9.39. The minimum atomic E-state index is 0.695. The number of hydrogen-bond donors (Lipinski definition) is 0. The molecule has 10 aromatic carbocycles. The van der Waals surface area contributed by atoms with Crippen molar-refractivity contribution in [1.29, 1.82) is 5.26 Å². The maximum Gasteiger partial charge on any atom is 0.0998 e. The van der Waals surface area contributed by atoms with Crippen molar-refractivity contribution >= 4 is 64.9 Å². The molecule has 0 saturated heterocycles. The highest BCUT2D eigenvalue weighted by Crippen LogP contribution is 2.45. The van der Waals surface area contributed by atoms with Crippen molar-refractivity contribution in [2.24, 2.45) is 0 Å². The zero-order chi connectivity index (χ0) is 41.6. The van der Waals surface area contributed by atoms with E-state index in [1.165, 1.54) is 59.8 Å². The molecule has 0 aliphatic carbocycles. The van der Waals surface area contributed by atoms with Crippen LogP contribution in [0.4, 0.5) is 0 Å². The van der Waals surface area contributed by atoms with E-state index in [4.69, 9.17) is 9.97 Å². The van der Waals surface area contributed by atoms with Crippen LogP contribution in [0.5, 0.6) is 0 Å². The number of aromatic nitrogens is 3. The molecule has 0 radical (unpaired) electrons. The molecule has 0 unspecified atom stereocenters. The molecular formula is C59H34N4. The van der Waals surface area contributed by atoms with Crippen LogP contribution in [0.25, 0.3) is 126 Å². The van der Waals surface area contributed by atoms with Crippen LogP contribution in [-0.2, 0) is 0 Å². The lowest BCUT2D eigenvalue weighted by Crippen LogP contribution is -1.93. The Kier molecular flexibility index (Phi) is 7.63. The van der Waals surface area contributed by atoms with E-state index < -0.39 is 0 Å². The van der Waals surface area contributed by atoms with Gasteiger partial charge in [0.05, 0.1) is 34.1 Å². The lowest BCUT2D eigenvalue weighted by Gasteiger charge is -2.16. The van der Waals surface area contributed by atoms with Crippen LogP contribution < -0.4 is 0 Å². The first kappa shape index (κ1) is 35.1. The Morgan fingerprint density at radius 2 is 0.873 bits per heavy atom. The molecule has 0 bridgehead atoms. The molecule has 13 rings (SSSR count). The number of para-hydroxylation sites is 1. The molecule has 0 amide bonds. The summed E-state index contributed by atoms with van der Waals surface area (Å²) in [5.41, 5.74) is 15.0. The van der Waals surface area contributed by atoms with E-state index in [1.54, 1.807) is 0 Å². The Balaban J connectivity index is 0.923. The molecule has 63 heavy (non-hydrogen) atoms. The third-order valence-electron chi connectivity index (χ3n) is 13.0. The first-order valence-corrected chi connectivity index (χ1v) is 21.3. The molecule has 13 aromatic rings. The van der Waals surface area contributed by atoms with Gasteiger partial charge in [-0.1, -0.05) is 91.0 Å². The van der Waals surface area contributed by atoms with Crippen molar-refractivity contribution in [3.63, 3.8) is 0 Å². The smallest absolute Gasteiger partial charge is 0.0998 e. The molecule has 3 heterocycles. The zero-order valence-electron chi connectivity index (χ0n) is 33.9. The second-order valence-electron chi connectivity index (χ2n) is 16.5. The largest absolute Gasteiger partial charge is 0.309 e. The van der Waals surface area contributed by atoms with Gasteiger partial charge in [0.15, 0.2) is 0 Å². The first-order valence-electron chi connectivity index (χ1n) is 21.3. The SMILES string of the molecule is N#Cc1ccc2c3c1ccc1c(-c4cccc(-c5cc6ccc7cc(-c8cc(-c9ccccn9)cc(-c9ccccn9)c8)cc8ccc(c5)c6c78)c4)ccc(c13)n2-c1ccccc1. The number of benzene rings is 10. The molecular weight excluding hydrogens is 765 g/mol. The Labute approximate surface area is 362 Å². The van der Waals surface area contributed by atoms with E-state index in [0.717, 1.165) is 66.7 Å². The Hall–Kier alpha value is -8.65. The number of pyridine rings is 2.